The van der Waals surface area contributed by atoms with Crippen molar-refractivity contribution in [1.29, 1.82) is 0 Å². The van der Waals surface area contributed by atoms with Crippen molar-refractivity contribution in [1.82, 2.24) is 0 Å². The molecule has 0 aliphatic carbocycles. The number of ether oxygens (including phenoxy) is 2. The van der Waals surface area contributed by atoms with Gasteiger partial charge in [0.25, 0.3) is 0 Å². The standard InChI is InChI=1S/C14H18O3/c1-3-10(2)8-12(15)11-4-5-13-14(9-11)17-7-6-16-13/h4-5,9-10H,3,6-8H2,1-2H3. The zero-order valence-corrected chi connectivity index (χ0v) is 10.4. The predicted octanol–water partition coefficient (Wildman–Crippen LogP) is 3.08. The minimum Gasteiger partial charge on any atom is -0.486 e. The lowest BCUT2D eigenvalue weighted by Crippen LogP contribution is -2.16. The van der Waals surface area contributed by atoms with E-state index < -0.39 is 0 Å². The number of hydrogen-bond donors (Lipinski definition) is 0. The van der Waals surface area contributed by atoms with E-state index in [4.69, 9.17) is 9.47 Å². The second-order valence-corrected chi connectivity index (χ2v) is 4.50. The molecule has 0 amide bonds. The Morgan fingerprint density at radius 3 is 2.71 bits per heavy atom. The molecule has 3 nitrogen and oxygen atoms in total. The Morgan fingerprint density at radius 2 is 2.00 bits per heavy atom. The first-order valence-electron chi connectivity index (χ1n) is 6.13. The molecule has 1 aromatic rings. The number of Topliss-reactive ketones (excluding diaryl/α,β-unsaturated/α-hetero) is 1. The largest absolute Gasteiger partial charge is 0.486 e. The number of hydrogen-bond acceptors (Lipinski definition) is 3. The number of carbonyl (C=O) groups excluding carboxylic acids is 1. The van der Waals surface area contributed by atoms with E-state index in [1.165, 1.54) is 0 Å². The van der Waals surface area contributed by atoms with Gasteiger partial charge in [-0.25, -0.2) is 0 Å². The van der Waals surface area contributed by atoms with Crippen molar-refractivity contribution in [3.05, 3.63) is 23.8 Å². The summed E-state index contributed by atoms with van der Waals surface area (Å²) in [7, 11) is 0. The molecule has 1 aromatic carbocycles. The molecular formula is C14H18O3. The normalized spacial score (nSPS) is 15.4. The summed E-state index contributed by atoms with van der Waals surface area (Å²) in [5.41, 5.74) is 0.717. The van der Waals surface area contributed by atoms with Gasteiger partial charge in [-0.15, -0.1) is 0 Å². The average Bonchev–Trinajstić information content (AvgIpc) is 2.38. The third kappa shape index (κ3) is 2.78. The van der Waals surface area contributed by atoms with Crippen LogP contribution in [0.2, 0.25) is 0 Å². The molecule has 0 saturated heterocycles. The molecule has 1 aliphatic heterocycles. The molecule has 1 aliphatic rings. The molecule has 3 heteroatoms. The molecule has 0 fully saturated rings. The van der Waals surface area contributed by atoms with E-state index in [0.29, 0.717) is 31.3 Å². The minimum atomic E-state index is 0.177. The summed E-state index contributed by atoms with van der Waals surface area (Å²) >= 11 is 0. The summed E-state index contributed by atoms with van der Waals surface area (Å²) in [5, 5.41) is 0. The lowest BCUT2D eigenvalue weighted by Gasteiger charge is -2.18. The first-order valence-corrected chi connectivity index (χ1v) is 6.13. The zero-order valence-electron chi connectivity index (χ0n) is 10.4. The van der Waals surface area contributed by atoms with Gasteiger partial charge in [-0.3, -0.25) is 4.79 Å². The molecule has 0 saturated carbocycles. The molecule has 0 spiro atoms. The molecule has 1 unspecified atom stereocenters. The van der Waals surface area contributed by atoms with Crippen molar-refractivity contribution in [2.75, 3.05) is 13.2 Å². The smallest absolute Gasteiger partial charge is 0.163 e. The highest BCUT2D eigenvalue weighted by Crippen LogP contribution is 2.31. The predicted molar refractivity (Wildman–Crippen MR) is 65.8 cm³/mol. The van der Waals surface area contributed by atoms with Crippen LogP contribution in [0.3, 0.4) is 0 Å². The van der Waals surface area contributed by atoms with Gasteiger partial charge in [-0.2, -0.15) is 0 Å². The molecule has 0 aromatic heterocycles. The third-order valence-electron chi connectivity index (χ3n) is 3.09. The van der Waals surface area contributed by atoms with Crippen LogP contribution in [0.25, 0.3) is 0 Å². The second kappa shape index (κ2) is 5.21. The van der Waals surface area contributed by atoms with E-state index in [-0.39, 0.29) is 5.78 Å². The maximum atomic E-state index is 12.0. The molecule has 2 rings (SSSR count). The van der Waals surface area contributed by atoms with Crippen LogP contribution in [0.4, 0.5) is 0 Å². The number of rotatable bonds is 4. The molecule has 1 heterocycles. The van der Waals surface area contributed by atoms with E-state index in [0.717, 1.165) is 17.7 Å². The van der Waals surface area contributed by atoms with Crippen molar-refractivity contribution in [3.8, 4) is 11.5 Å². The van der Waals surface area contributed by atoms with E-state index in [1.807, 2.05) is 12.1 Å². The van der Waals surface area contributed by atoms with E-state index in [1.54, 1.807) is 6.07 Å². The molecule has 1 atom stereocenters. The van der Waals surface area contributed by atoms with Gasteiger partial charge in [0.15, 0.2) is 17.3 Å². The van der Waals surface area contributed by atoms with Crippen LogP contribution in [0.15, 0.2) is 18.2 Å². The summed E-state index contributed by atoms with van der Waals surface area (Å²) in [5.74, 6) is 2.02. The van der Waals surface area contributed by atoms with Crippen molar-refractivity contribution < 1.29 is 14.3 Å². The molecular weight excluding hydrogens is 216 g/mol. The van der Waals surface area contributed by atoms with Crippen LogP contribution < -0.4 is 9.47 Å². The lowest BCUT2D eigenvalue weighted by molar-refractivity contribution is 0.0962. The highest BCUT2D eigenvalue weighted by atomic mass is 16.6. The first kappa shape index (κ1) is 12.0. The van der Waals surface area contributed by atoms with E-state index >= 15 is 0 Å². The van der Waals surface area contributed by atoms with Crippen molar-refractivity contribution >= 4 is 5.78 Å². The Balaban J connectivity index is 2.13. The highest BCUT2D eigenvalue weighted by Gasteiger charge is 2.16. The van der Waals surface area contributed by atoms with E-state index in [2.05, 4.69) is 13.8 Å². The van der Waals surface area contributed by atoms with E-state index in [9.17, 15) is 4.79 Å². The first-order chi connectivity index (χ1) is 8.20. The summed E-state index contributed by atoms with van der Waals surface area (Å²) in [6, 6.07) is 5.43. The molecule has 92 valence electrons. The van der Waals surface area contributed by atoms with Crippen LogP contribution in [0, 0.1) is 5.92 Å². The van der Waals surface area contributed by atoms with Gasteiger partial charge in [0.2, 0.25) is 0 Å². The lowest BCUT2D eigenvalue weighted by atomic mass is 9.97. The fourth-order valence-electron chi connectivity index (χ4n) is 1.80. The molecule has 0 N–H and O–H groups in total. The van der Waals surface area contributed by atoms with Gasteiger partial charge in [-0.05, 0) is 24.1 Å². The SMILES string of the molecule is CCC(C)CC(=O)c1ccc2c(c1)OCCO2. The Labute approximate surface area is 102 Å². The van der Waals surface area contributed by atoms with Gasteiger partial charge in [0.1, 0.15) is 13.2 Å². The molecule has 17 heavy (non-hydrogen) atoms. The number of ketones is 1. The van der Waals surface area contributed by atoms with Crippen molar-refractivity contribution in [2.45, 2.75) is 26.7 Å². The number of benzene rings is 1. The second-order valence-electron chi connectivity index (χ2n) is 4.50. The quantitative estimate of drug-likeness (QED) is 0.751. The van der Waals surface area contributed by atoms with Crippen LogP contribution in [0.5, 0.6) is 11.5 Å². The average molecular weight is 234 g/mol. The highest BCUT2D eigenvalue weighted by molar-refractivity contribution is 5.96. The van der Waals surface area contributed by atoms with Crippen molar-refractivity contribution in [2.24, 2.45) is 5.92 Å². The van der Waals surface area contributed by atoms with Gasteiger partial charge in [0.05, 0.1) is 0 Å². The fourth-order valence-corrected chi connectivity index (χ4v) is 1.80. The van der Waals surface area contributed by atoms with Crippen LogP contribution in [-0.2, 0) is 0 Å². The van der Waals surface area contributed by atoms with Crippen LogP contribution in [-0.4, -0.2) is 19.0 Å². The Kier molecular flexibility index (Phi) is 3.67. The van der Waals surface area contributed by atoms with Gasteiger partial charge >= 0.3 is 0 Å². The van der Waals surface area contributed by atoms with Gasteiger partial charge in [0, 0.05) is 12.0 Å². The maximum Gasteiger partial charge on any atom is 0.163 e. The van der Waals surface area contributed by atoms with Crippen LogP contribution in [0.1, 0.15) is 37.0 Å². The summed E-state index contributed by atoms with van der Waals surface area (Å²) in [6.07, 6.45) is 1.62. The Bertz CT molecular complexity index is 412. The van der Waals surface area contributed by atoms with Gasteiger partial charge < -0.3 is 9.47 Å². The van der Waals surface area contributed by atoms with Crippen molar-refractivity contribution in [3.63, 3.8) is 0 Å². The minimum absolute atomic E-state index is 0.177. The molecule has 0 bridgehead atoms. The zero-order chi connectivity index (χ0) is 12.3. The topological polar surface area (TPSA) is 35.5 Å². The number of carbonyl (C=O) groups is 1. The maximum absolute atomic E-state index is 12.0. The van der Waals surface area contributed by atoms with Gasteiger partial charge in [-0.1, -0.05) is 20.3 Å². The fraction of sp³-hybridized carbons (Fsp3) is 0.500. The molecule has 0 radical (unpaired) electrons. The summed E-state index contributed by atoms with van der Waals surface area (Å²) < 4.78 is 10.9. The number of fused-ring (bicyclic) bond motifs is 1. The Hall–Kier alpha value is -1.51. The summed E-state index contributed by atoms with van der Waals surface area (Å²) in [4.78, 5) is 12.0. The summed E-state index contributed by atoms with van der Waals surface area (Å²) in [6.45, 7) is 5.32. The third-order valence-corrected chi connectivity index (χ3v) is 3.09. The van der Waals surface area contributed by atoms with Crippen LogP contribution >= 0.6 is 0 Å². The Morgan fingerprint density at radius 1 is 1.29 bits per heavy atom. The monoisotopic (exact) mass is 234 g/mol.